The molecular formula is C28H32O15. The Morgan fingerprint density at radius 3 is 2.00 bits per heavy atom. The van der Waals surface area contributed by atoms with Crippen LogP contribution in [-0.2, 0) is 9.47 Å². The highest BCUT2D eigenvalue weighted by Crippen LogP contribution is 2.46. The Morgan fingerprint density at radius 1 is 0.791 bits per heavy atom. The van der Waals surface area contributed by atoms with E-state index < -0.39 is 85.6 Å². The number of methoxy groups -OCH3 is 1. The van der Waals surface area contributed by atoms with Gasteiger partial charge < -0.3 is 69.3 Å². The van der Waals surface area contributed by atoms with Crippen LogP contribution in [0.4, 0.5) is 0 Å². The second-order valence-electron chi connectivity index (χ2n) is 10.3. The summed E-state index contributed by atoms with van der Waals surface area (Å²) >= 11 is 0. The van der Waals surface area contributed by atoms with Gasteiger partial charge >= 0.3 is 0 Å². The number of hydrogen-bond donors (Lipinski definition) is 9. The van der Waals surface area contributed by atoms with Crippen LogP contribution in [0.3, 0.4) is 0 Å². The lowest BCUT2D eigenvalue weighted by molar-refractivity contribution is -0.278. The first kappa shape index (κ1) is 31.1. The van der Waals surface area contributed by atoms with E-state index in [-0.39, 0.29) is 33.8 Å². The van der Waals surface area contributed by atoms with E-state index in [0.29, 0.717) is 5.56 Å². The molecule has 0 bridgehead atoms. The van der Waals surface area contributed by atoms with Gasteiger partial charge in [0.2, 0.25) is 6.29 Å². The molecule has 10 atom stereocenters. The fourth-order valence-corrected chi connectivity index (χ4v) is 5.23. The summed E-state index contributed by atoms with van der Waals surface area (Å²) in [5.74, 6) is -0.511. The molecule has 3 heterocycles. The molecule has 43 heavy (non-hydrogen) atoms. The average Bonchev–Trinajstić information content (AvgIpc) is 3.00. The number of aliphatic hydroxyl groups is 8. The minimum absolute atomic E-state index is 0.0204. The predicted octanol–water partition coefficient (Wildman–Crippen LogP) is -2.13. The zero-order valence-corrected chi connectivity index (χ0v) is 22.6. The zero-order chi connectivity index (χ0) is 31.2. The summed E-state index contributed by atoms with van der Waals surface area (Å²) in [4.78, 5) is 13.7. The van der Waals surface area contributed by atoms with Gasteiger partial charge in [0.25, 0.3) is 0 Å². The first-order chi connectivity index (χ1) is 20.5. The molecule has 0 unspecified atom stereocenters. The average molecular weight is 609 g/mol. The molecule has 9 N–H and O–H groups in total. The van der Waals surface area contributed by atoms with Crippen LogP contribution >= 0.6 is 0 Å². The second kappa shape index (κ2) is 12.3. The topological polar surface area (TPSA) is 249 Å². The van der Waals surface area contributed by atoms with Gasteiger partial charge in [-0.1, -0.05) is 0 Å². The number of aromatic hydroxyl groups is 1. The molecule has 0 aliphatic carbocycles. The molecule has 2 aliphatic heterocycles. The van der Waals surface area contributed by atoms with Crippen molar-refractivity contribution in [1.82, 2.24) is 0 Å². The highest BCUT2D eigenvalue weighted by atomic mass is 16.7. The molecule has 2 aliphatic rings. The third kappa shape index (κ3) is 5.56. The number of aliphatic hydroxyl groups excluding tert-OH is 8. The van der Waals surface area contributed by atoms with E-state index in [1.807, 2.05) is 0 Å². The van der Waals surface area contributed by atoms with E-state index in [0.717, 1.165) is 6.07 Å². The predicted molar refractivity (Wildman–Crippen MR) is 143 cm³/mol. The van der Waals surface area contributed by atoms with E-state index in [4.69, 9.17) is 23.4 Å². The first-order valence-electron chi connectivity index (χ1n) is 13.3. The molecule has 234 valence electrons. The molecule has 0 spiro atoms. The highest BCUT2D eigenvalue weighted by Gasteiger charge is 2.49. The molecule has 1 aromatic heterocycles. The maximum absolute atomic E-state index is 13.7. The molecule has 0 amide bonds. The summed E-state index contributed by atoms with van der Waals surface area (Å²) in [6, 6.07) is 8.16. The van der Waals surface area contributed by atoms with E-state index >= 15 is 0 Å². The molecule has 5 rings (SSSR count). The van der Waals surface area contributed by atoms with Crippen molar-refractivity contribution < 1.29 is 69.3 Å². The summed E-state index contributed by atoms with van der Waals surface area (Å²) in [6.45, 7) is -1.54. The van der Waals surface area contributed by atoms with Gasteiger partial charge in [0.1, 0.15) is 88.9 Å². The molecule has 2 saturated heterocycles. The smallest absolute Gasteiger partial charge is 0.229 e. The first-order valence-corrected chi connectivity index (χ1v) is 13.3. The lowest BCUT2D eigenvalue weighted by Gasteiger charge is -2.42. The van der Waals surface area contributed by atoms with E-state index in [1.54, 1.807) is 0 Å². The Hall–Kier alpha value is -3.35. The van der Waals surface area contributed by atoms with Crippen molar-refractivity contribution in [3.05, 3.63) is 52.2 Å². The highest BCUT2D eigenvalue weighted by molar-refractivity contribution is 5.89. The summed E-state index contributed by atoms with van der Waals surface area (Å²) in [6.07, 6.45) is -17.0. The zero-order valence-electron chi connectivity index (χ0n) is 22.6. The molecule has 15 heteroatoms. The summed E-state index contributed by atoms with van der Waals surface area (Å²) < 4.78 is 28.7. The maximum atomic E-state index is 13.7. The third-order valence-electron chi connectivity index (χ3n) is 7.61. The van der Waals surface area contributed by atoms with Gasteiger partial charge in [-0.2, -0.15) is 0 Å². The van der Waals surface area contributed by atoms with Gasteiger partial charge in [-0.25, -0.2) is 0 Å². The number of fused-ring (bicyclic) bond motifs is 1. The van der Waals surface area contributed by atoms with Gasteiger partial charge in [0.05, 0.1) is 25.9 Å². The van der Waals surface area contributed by atoms with Crippen LogP contribution < -0.4 is 14.9 Å². The van der Waals surface area contributed by atoms with Crippen LogP contribution in [0.5, 0.6) is 17.2 Å². The van der Waals surface area contributed by atoms with E-state index in [1.165, 1.54) is 37.4 Å². The van der Waals surface area contributed by atoms with Gasteiger partial charge in [0, 0.05) is 17.7 Å². The SMILES string of the molecule is COc1cc2oc(-c3ccc(O)cc3)cc(=O)c2c(O[C@@H]2O[C@@H](CO)[C@@H](O)[C@H](O)[C@H]2O)c1[C@@H]1O[C@H](CO)[C@@H](O)[C@H](O)[C@H]1O. The molecule has 15 nitrogen and oxygen atoms in total. The minimum atomic E-state index is -1.91. The van der Waals surface area contributed by atoms with Crippen molar-refractivity contribution in [2.24, 2.45) is 0 Å². The maximum Gasteiger partial charge on any atom is 0.229 e. The van der Waals surface area contributed by atoms with Crippen LogP contribution in [0.15, 0.2) is 45.6 Å². The Kier molecular flexibility index (Phi) is 8.92. The van der Waals surface area contributed by atoms with Gasteiger partial charge in [-0.05, 0) is 24.3 Å². The lowest BCUT2D eigenvalue weighted by Crippen LogP contribution is -2.60. The number of benzene rings is 2. The second-order valence-corrected chi connectivity index (χ2v) is 10.3. The van der Waals surface area contributed by atoms with Crippen molar-refractivity contribution >= 4 is 11.0 Å². The molecule has 0 radical (unpaired) electrons. The van der Waals surface area contributed by atoms with E-state index in [9.17, 15) is 50.8 Å². The number of hydrogen-bond acceptors (Lipinski definition) is 15. The molecule has 2 aromatic carbocycles. The Labute approximate surface area is 242 Å². The summed E-state index contributed by atoms with van der Waals surface area (Å²) in [7, 11) is 1.23. The number of phenols is 1. The minimum Gasteiger partial charge on any atom is -0.508 e. The van der Waals surface area contributed by atoms with Crippen molar-refractivity contribution in [3.8, 4) is 28.6 Å². The third-order valence-corrected chi connectivity index (χ3v) is 7.61. The van der Waals surface area contributed by atoms with Gasteiger partial charge in [-0.15, -0.1) is 0 Å². The largest absolute Gasteiger partial charge is 0.508 e. The summed E-state index contributed by atoms with van der Waals surface area (Å²) in [5.41, 5.74) is -0.628. The van der Waals surface area contributed by atoms with Gasteiger partial charge in [0.15, 0.2) is 5.43 Å². The fraction of sp³-hybridized carbons (Fsp3) is 0.464. The van der Waals surface area contributed by atoms with Gasteiger partial charge in [-0.3, -0.25) is 4.79 Å². The van der Waals surface area contributed by atoms with Crippen molar-refractivity contribution in [2.45, 2.75) is 61.2 Å². The van der Waals surface area contributed by atoms with Crippen LogP contribution in [-0.4, -0.2) is 121 Å². The number of phenolic OH excluding ortho intramolecular Hbond substituents is 1. The van der Waals surface area contributed by atoms with E-state index in [2.05, 4.69) is 0 Å². The monoisotopic (exact) mass is 608 g/mol. The van der Waals surface area contributed by atoms with Crippen LogP contribution in [0.2, 0.25) is 0 Å². The number of rotatable bonds is 7. The molecule has 3 aromatic rings. The van der Waals surface area contributed by atoms with Crippen molar-refractivity contribution in [3.63, 3.8) is 0 Å². The summed E-state index contributed by atoms with van der Waals surface area (Å²) in [5, 5.41) is 91.8. The van der Waals surface area contributed by atoms with Crippen LogP contribution in [0, 0.1) is 0 Å². The van der Waals surface area contributed by atoms with Crippen molar-refractivity contribution in [1.29, 1.82) is 0 Å². The Balaban J connectivity index is 1.73. The normalized spacial score (nSPS) is 33.0. The van der Waals surface area contributed by atoms with Crippen LogP contribution in [0.25, 0.3) is 22.3 Å². The van der Waals surface area contributed by atoms with Crippen LogP contribution in [0.1, 0.15) is 11.7 Å². The number of ether oxygens (including phenoxy) is 4. The Bertz CT molecular complexity index is 1490. The van der Waals surface area contributed by atoms with Crippen molar-refractivity contribution in [2.75, 3.05) is 20.3 Å². The Morgan fingerprint density at radius 2 is 1.40 bits per heavy atom. The molecule has 0 saturated carbocycles. The molecule has 2 fully saturated rings. The quantitative estimate of drug-likeness (QED) is 0.139. The fourth-order valence-electron chi connectivity index (χ4n) is 5.23. The standard InChI is InChI=1S/C28H32O15/c1-39-14-7-15-18(12(32)6-13(40-15)10-2-4-11(31)5-3-10)26(43-28-25(38)23(36)21(34)17(9-30)42-28)19(14)27-24(37)22(35)20(33)16(8-29)41-27/h2-7,16-17,20-25,27-31,33-38H,8-9H2,1H3/t16-,17+,20-,21-,22+,23+,24-,25-,27+,28+/m1/s1. The molecular weight excluding hydrogens is 576 g/mol. The lowest BCUT2D eigenvalue weighted by atomic mass is 9.89.